The summed E-state index contributed by atoms with van der Waals surface area (Å²) >= 11 is 1.37. The largest absolute Gasteiger partial charge is 0.392 e. The lowest BCUT2D eigenvalue weighted by Crippen LogP contribution is -2.24. The smallest absolute Gasteiger partial charge is 0.230 e. The van der Waals surface area contributed by atoms with Crippen LogP contribution in [0, 0.1) is 0 Å². The van der Waals surface area contributed by atoms with E-state index in [9.17, 15) is 9.59 Å². The lowest BCUT2D eigenvalue weighted by Gasteiger charge is -2.10. The Balaban J connectivity index is 1.86. The van der Waals surface area contributed by atoms with Gasteiger partial charge in [-0.25, -0.2) is 0 Å². The van der Waals surface area contributed by atoms with Crippen LogP contribution in [-0.4, -0.2) is 22.7 Å². The Morgan fingerprint density at radius 1 is 1.08 bits per heavy atom. The van der Waals surface area contributed by atoms with Crippen molar-refractivity contribution in [3.05, 3.63) is 59.7 Å². The summed E-state index contributed by atoms with van der Waals surface area (Å²) in [6, 6.07) is 14.8. The number of para-hydroxylation sites is 1. The van der Waals surface area contributed by atoms with Crippen molar-refractivity contribution in [3.63, 3.8) is 0 Å². The Morgan fingerprint density at radius 3 is 2.58 bits per heavy atom. The van der Waals surface area contributed by atoms with Crippen LogP contribution in [0.1, 0.15) is 18.1 Å². The number of carbonyl (C=O) groups is 2. The maximum Gasteiger partial charge on any atom is 0.230 e. The zero-order chi connectivity index (χ0) is 17.4. The third-order valence-electron chi connectivity index (χ3n) is 3.22. The Labute approximate surface area is 145 Å². The van der Waals surface area contributed by atoms with E-state index in [0.29, 0.717) is 12.2 Å². The van der Waals surface area contributed by atoms with E-state index in [2.05, 4.69) is 10.6 Å². The lowest BCUT2D eigenvalue weighted by molar-refractivity contribution is -0.118. The molecule has 0 atom stereocenters. The van der Waals surface area contributed by atoms with E-state index in [4.69, 9.17) is 5.11 Å². The van der Waals surface area contributed by atoms with Gasteiger partial charge in [0, 0.05) is 18.4 Å². The third-order valence-corrected chi connectivity index (χ3v) is 4.29. The normalized spacial score (nSPS) is 10.2. The van der Waals surface area contributed by atoms with Crippen LogP contribution >= 0.6 is 11.8 Å². The molecule has 2 rings (SSSR count). The van der Waals surface area contributed by atoms with Crippen LogP contribution in [0.3, 0.4) is 0 Å². The minimum absolute atomic E-state index is 0.0163. The van der Waals surface area contributed by atoms with E-state index in [1.54, 1.807) is 0 Å². The highest BCUT2D eigenvalue weighted by Crippen LogP contribution is 2.26. The summed E-state index contributed by atoms with van der Waals surface area (Å²) in [5, 5.41) is 14.7. The Hall–Kier alpha value is -2.31. The quantitative estimate of drug-likeness (QED) is 0.675. The molecule has 0 bridgehead atoms. The van der Waals surface area contributed by atoms with Gasteiger partial charge in [0.05, 0.1) is 18.0 Å². The summed E-state index contributed by atoms with van der Waals surface area (Å²) in [4.78, 5) is 24.1. The number of aliphatic hydroxyl groups excluding tert-OH is 1. The van der Waals surface area contributed by atoms with Crippen LogP contribution < -0.4 is 10.6 Å². The third kappa shape index (κ3) is 5.72. The zero-order valence-corrected chi connectivity index (χ0v) is 14.2. The number of amides is 2. The minimum atomic E-state index is -0.142. The topological polar surface area (TPSA) is 78.4 Å². The molecule has 3 N–H and O–H groups in total. The highest BCUT2D eigenvalue weighted by atomic mass is 32.2. The molecule has 0 heterocycles. The Morgan fingerprint density at radius 2 is 1.83 bits per heavy atom. The number of anilines is 1. The van der Waals surface area contributed by atoms with Gasteiger partial charge in [0.1, 0.15) is 0 Å². The van der Waals surface area contributed by atoms with Gasteiger partial charge in [-0.2, -0.15) is 0 Å². The summed E-state index contributed by atoms with van der Waals surface area (Å²) in [7, 11) is 0. The van der Waals surface area contributed by atoms with Crippen molar-refractivity contribution in [2.45, 2.75) is 25.0 Å². The van der Waals surface area contributed by atoms with Gasteiger partial charge in [-0.05, 0) is 23.3 Å². The second-order valence-electron chi connectivity index (χ2n) is 5.22. The average molecular weight is 344 g/mol. The molecule has 2 aromatic rings. The molecule has 6 heteroatoms. The number of benzene rings is 2. The molecule has 0 saturated heterocycles. The first-order valence-corrected chi connectivity index (χ1v) is 8.52. The van der Waals surface area contributed by atoms with Crippen LogP contribution in [0.4, 0.5) is 5.69 Å². The number of rotatable bonds is 7. The Bertz CT molecular complexity index is 719. The number of thioether (sulfide) groups is 1. The van der Waals surface area contributed by atoms with Gasteiger partial charge in [-0.3, -0.25) is 9.59 Å². The summed E-state index contributed by atoms with van der Waals surface area (Å²) in [6.07, 6.45) is 0. The molecular formula is C18H20N2O3S. The van der Waals surface area contributed by atoms with Gasteiger partial charge in [0.2, 0.25) is 11.8 Å². The van der Waals surface area contributed by atoms with Gasteiger partial charge in [-0.1, -0.05) is 36.4 Å². The maximum absolute atomic E-state index is 12.0. The van der Waals surface area contributed by atoms with Crippen molar-refractivity contribution in [1.82, 2.24) is 5.32 Å². The average Bonchev–Trinajstić information content (AvgIpc) is 2.59. The monoisotopic (exact) mass is 344 g/mol. The van der Waals surface area contributed by atoms with Gasteiger partial charge < -0.3 is 15.7 Å². The second-order valence-corrected chi connectivity index (χ2v) is 6.24. The predicted molar refractivity (Wildman–Crippen MR) is 95.7 cm³/mol. The summed E-state index contributed by atoms with van der Waals surface area (Å²) < 4.78 is 0. The lowest BCUT2D eigenvalue weighted by atomic mass is 10.1. The van der Waals surface area contributed by atoms with Crippen molar-refractivity contribution in [2.24, 2.45) is 0 Å². The molecule has 0 saturated carbocycles. The number of hydrogen-bond donors (Lipinski definition) is 3. The molecule has 5 nitrogen and oxygen atoms in total. The van der Waals surface area contributed by atoms with Crippen LogP contribution in [0.2, 0.25) is 0 Å². The van der Waals surface area contributed by atoms with Crippen LogP contribution in [0.5, 0.6) is 0 Å². The SMILES string of the molecule is CC(=O)Nc1ccccc1SCC(=O)NCc1cccc(CO)c1. The number of hydrogen-bond acceptors (Lipinski definition) is 4. The molecule has 24 heavy (non-hydrogen) atoms. The molecule has 0 unspecified atom stereocenters. The fraction of sp³-hybridized carbons (Fsp3) is 0.222. The van der Waals surface area contributed by atoms with Crippen LogP contribution in [0.15, 0.2) is 53.4 Å². The van der Waals surface area contributed by atoms with Gasteiger partial charge in [-0.15, -0.1) is 11.8 Å². The second kappa shape index (κ2) is 9.10. The fourth-order valence-electron chi connectivity index (χ4n) is 2.12. The van der Waals surface area contributed by atoms with Crippen molar-refractivity contribution < 1.29 is 14.7 Å². The van der Waals surface area contributed by atoms with Gasteiger partial charge in [0.15, 0.2) is 0 Å². The van der Waals surface area contributed by atoms with Crippen LogP contribution in [-0.2, 0) is 22.7 Å². The standard InChI is InChI=1S/C18H20N2O3S/c1-13(22)20-16-7-2-3-8-17(16)24-12-18(23)19-10-14-5-4-6-15(9-14)11-21/h2-9,21H,10-12H2,1H3,(H,19,23)(H,20,22). The number of carbonyl (C=O) groups excluding carboxylic acids is 2. The first-order chi connectivity index (χ1) is 11.6. The summed E-state index contributed by atoms with van der Waals surface area (Å²) in [5.74, 6) is 0.0271. The molecule has 0 aliphatic heterocycles. The van der Waals surface area contributed by atoms with Crippen LogP contribution in [0.25, 0.3) is 0 Å². The molecule has 0 aliphatic rings. The molecule has 2 amide bonds. The molecule has 126 valence electrons. The molecule has 0 spiro atoms. The van der Waals surface area contributed by atoms with Crippen molar-refractivity contribution in [1.29, 1.82) is 0 Å². The van der Waals surface area contributed by atoms with E-state index < -0.39 is 0 Å². The first kappa shape index (κ1) is 18.0. The van der Waals surface area contributed by atoms with Crippen molar-refractivity contribution in [2.75, 3.05) is 11.1 Å². The zero-order valence-electron chi connectivity index (χ0n) is 13.4. The van der Waals surface area contributed by atoms with E-state index in [1.165, 1.54) is 18.7 Å². The summed E-state index contributed by atoms with van der Waals surface area (Å²) in [6.45, 7) is 1.85. The van der Waals surface area contributed by atoms with E-state index in [-0.39, 0.29) is 24.2 Å². The van der Waals surface area contributed by atoms with Crippen molar-refractivity contribution in [3.8, 4) is 0 Å². The Kier molecular flexibility index (Phi) is 6.84. The first-order valence-electron chi connectivity index (χ1n) is 7.53. The molecular weight excluding hydrogens is 324 g/mol. The highest BCUT2D eigenvalue weighted by Gasteiger charge is 2.07. The van der Waals surface area contributed by atoms with E-state index in [0.717, 1.165) is 16.0 Å². The minimum Gasteiger partial charge on any atom is -0.392 e. The fourth-order valence-corrected chi connectivity index (χ4v) is 2.96. The van der Waals surface area contributed by atoms with Crippen molar-refractivity contribution >= 4 is 29.3 Å². The number of nitrogens with one attached hydrogen (secondary N) is 2. The van der Waals surface area contributed by atoms with Gasteiger partial charge >= 0.3 is 0 Å². The molecule has 0 radical (unpaired) electrons. The predicted octanol–water partition coefficient (Wildman–Crippen LogP) is 2.55. The van der Waals surface area contributed by atoms with E-state index >= 15 is 0 Å². The molecule has 0 fully saturated rings. The number of aliphatic hydroxyl groups is 1. The molecule has 2 aromatic carbocycles. The molecule has 0 aliphatic carbocycles. The maximum atomic E-state index is 12.0. The van der Waals surface area contributed by atoms with E-state index in [1.807, 2.05) is 48.5 Å². The molecule has 0 aromatic heterocycles. The highest BCUT2D eigenvalue weighted by molar-refractivity contribution is 8.00. The summed E-state index contributed by atoms with van der Waals surface area (Å²) in [5.41, 5.74) is 2.47. The van der Waals surface area contributed by atoms with Gasteiger partial charge in [0.25, 0.3) is 0 Å².